The quantitative estimate of drug-likeness (QED) is 0.821. The third-order valence-electron chi connectivity index (χ3n) is 4.21. The summed E-state index contributed by atoms with van der Waals surface area (Å²) in [5, 5.41) is 19.0. The van der Waals surface area contributed by atoms with Crippen molar-refractivity contribution in [2.45, 2.75) is 11.8 Å². The molecule has 1 aliphatic rings. The molecular formula is C18H14N2. The zero-order valence-corrected chi connectivity index (χ0v) is 11.0. The first-order valence-electron chi connectivity index (χ1n) is 6.76. The van der Waals surface area contributed by atoms with Gasteiger partial charge in [-0.25, -0.2) is 0 Å². The van der Waals surface area contributed by atoms with Crippen molar-refractivity contribution in [2.24, 2.45) is 11.8 Å². The highest BCUT2D eigenvalue weighted by Crippen LogP contribution is 2.56. The second-order valence-electron chi connectivity index (χ2n) is 5.18. The van der Waals surface area contributed by atoms with Gasteiger partial charge in [0.25, 0.3) is 0 Å². The minimum Gasteiger partial charge on any atom is -0.198 e. The van der Waals surface area contributed by atoms with Gasteiger partial charge in [0.05, 0.1) is 24.0 Å². The van der Waals surface area contributed by atoms with Crippen LogP contribution in [0, 0.1) is 34.5 Å². The van der Waals surface area contributed by atoms with Crippen LogP contribution in [0.5, 0.6) is 0 Å². The molecule has 0 saturated heterocycles. The van der Waals surface area contributed by atoms with Gasteiger partial charge in [0.1, 0.15) is 0 Å². The van der Waals surface area contributed by atoms with Crippen molar-refractivity contribution in [2.75, 3.05) is 0 Å². The molecular weight excluding hydrogens is 244 g/mol. The van der Waals surface area contributed by atoms with E-state index >= 15 is 0 Å². The maximum Gasteiger partial charge on any atom is 0.0669 e. The Morgan fingerprint density at radius 3 is 1.25 bits per heavy atom. The lowest BCUT2D eigenvalue weighted by Crippen LogP contribution is -2.41. The van der Waals surface area contributed by atoms with E-state index in [1.807, 2.05) is 60.7 Å². The minimum absolute atomic E-state index is 0.0245. The van der Waals surface area contributed by atoms with E-state index in [1.165, 1.54) is 0 Å². The highest BCUT2D eigenvalue weighted by atomic mass is 14.5. The molecule has 2 nitrogen and oxygen atoms in total. The highest BCUT2D eigenvalue weighted by molar-refractivity contribution is 5.39. The van der Waals surface area contributed by atoms with Crippen LogP contribution in [-0.4, -0.2) is 0 Å². The molecule has 0 aromatic heterocycles. The van der Waals surface area contributed by atoms with Crippen LogP contribution < -0.4 is 0 Å². The molecule has 0 heterocycles. The van der Waals surface area contributed by atoms with Gasteiger partial charge in [-0.2, -0.15) is 10.5 Å². The third-order valence-corrected chi connectivity index (χ3v) is 4.21. The van der Waals surface area contributed by atoms with Gasteiger partial charge in [0.15, 0.2) is 0 Å². The lowest BCUT2D eigenvalue weighted by atomic mass is 9.53. The number of nitrogens with zero attached hydrogens (tertiary/aromatic N) is 2. The predicted octanol–water partition coefficient (Wildman–Crippen LogP) is 3.85. The van der Waals surface area contributed by atoms with Gasteiger partial charge in [-0.15, -0.1) is 0 Å². The van der Waals surface area contributed by atoms with Crippen molar-refractivity contribution in [3.05, 3.63) is 71.8 Å². The largest absolute Gasteiger partial charge is 0.198 e. The summed E-state index contributed by atoms with van der Waals surface area (Å²) in [5.74, 6) is -0.193. The van der Waals surface area contributed by atoms with Crippen molar-refractivity contribution < 1.29 is 0 Å². The third kappa shape index (κ3) is 1.87. The average Bonchev–Trinajstić information content (AvgIpc) is 2.49. The first-order chi connectivity index (χ1) is 9.86. The van der Waals surface area contributed by atoms with E-state index in [9.17, 15) is 10.5 Å². The smallest absolute Gasteiger partial charge is 0.0669 e. The Labute approximate surface area is 118 Å². The summed E-state index contributed by atoms with van der Waals surface area (Å²) in [4.78, 5) is 0. The number of hydrogen-bond acceptors (Lipinski definition) is 2. The fourth-order valence-corrected chi connectivity index (χ4v) is 3.25. The summed E-state index contributed by atoms with van der Waals surface area (Å²) in [6.07, 6.45) is 0. The second-order valence-corrected chi connectivity index (χ2v) is 5.18. The lowest BCUT2D eigenvalue weighted by Gasteiger charge is -2.46. The van der Waals surface area contributed by atoms with Gasteiger partial charge >= 0.3 is 0 Å². The molecule has 0 atom stereocenters. The molecule has 0 unspecified atom stereocenters. The summed E-state index contributed by atoms with van der Waals surface area (Å²) in [6, 6.07) is 24.7. The van der Waals surface area contributed by atoms with Crippen LogP contribution in [0.15, 0.2) is 60.7 Å². The zero-order chi connectivity index (χ0) is 13.9. The molecule has 96 valence electrons. The van der Waals surface area contributed by atoms with Crippen LogP contribution in [0.3, 0.4) is 0 Å². The van der Waals surface area contributed by atoms with E-state index in [0.717, 1.165) is 11.1 Å². The Hall–Kier alpha value is -2.58. The molecule has 0 amide bonds. The highest BCUT2D eigenvalue weighted by Gasteiger charge is 2.52. The van der Waals surface area contributed by atoms with Gasteiger partial charge in [-0.05, 0) is 11.1 Å². The van der Waals surface area contributed by atoms with Crippen LogP contribution in [0.25, 0.3) is 0 Å². The Kier molecular flexibility index (Phi) is 3.23. The molecule has 1 aliphatic carbocycles. The number of hydrogen-bond donors (Lipinski definition) is 0. The van der Waals surface area contributed by atoms with E-state index in [-0.39, 0.29) is 23.7 Å². The number of nitriles is 2. The van der Waals surface area contributed by atoms with Crippen LogP contribution >= 0.6 is 0 Å². The molecule has 3 rings (SSSR count). The zero-order valence-electron chi connectivity index (χ0n) is 11.0. The number of benzene rings is 2. The molecule has 2 aromatic rings. The Morgan fingerprint density at radius 2 is 0.950 bits per heavy atom. The van der Waals surface area contributed by atoms with E-state index in [1.54, 1.807) is 0 Å². The summed E-state index contributed by atoms with van der Waals surface area (Å²) < 4.78 is 0. The van der Waals surface area contributed by atoms with Crippen LogP contribution in [0.1, 0.15) is 23.0 Å². The van der Waals surface area contributed by atoms with Crippen LogP contribution in [0.2, 0.25) is 0 Å². The van der Waals surface area contributed by atoms with Crippen molar-refractivity contribution >= 4 is 0 Å². The molecule has 0 radical (unpaired) electrons. The molecule has 0 N–H and O–H groups in total. The van der Waals surface area contributed by atoms with Crippen molar-refractivity contribution in [1.29, 1.82) is 10.5 Å². The van der Waals surface area contributed by atoms with E-state index < -0.39 is 0 Å². The molecule has 0 bridgehead atoms. The maximum absolute atomic E-state index is 9.50. The first-order valence-corrected chi connectivity index (χ1v) is 6.76. The summed E-state index contributed by atoms with van der Waals surface area (Å²) in [6.45, 7) is 0. The van der Waals surface area contributed by atoms with Crippen molar-refractivity contribution in [3.8, 4) is 12.1 Å². The predicted molar refractivity (Wildman–Crippen MR) is 76.6 cm³/mol. The molecule has 0 spiro atoms. The minimum atomic E-state index is -0.121. The van der Waals surface area contributed by atoms with Gasteiger partial charge in [-0.1, -0.05) is 60.7 Å². The summed E-state index contributed by atoms with van der Waals surface area (Å²) in [5.41, 5.74) is 2.19. The van der Waals surface area contributed by atoms with Gasteiger partial charge < -0.3 is 0 Å². The Balaban J connectivity index is 1.97. The first kappa shape index (κ1) is 12.5. The van der Waals surface area contributed by atoms with Gasteiger partial charge in [0.2, 0.25) is 0 Å². The van der Waals surface area contributed by atoms with E-state index in [0.29, 0.717) is 0 Å². The van der Waals surface area contributed by atoms with E-state index in [4.69, 9.17) is 0 Å². The molecule has 1 fully saturated rings. The topological polar surface area (TPSA) is 47.6 Å². The Bertz CT molecular complexity index is 595. The molecule has 0 aliphatic heterocycles. The van der Waals surface area contributed by atoms with Crippen molar-refractivity contribution in [1.82, 2.24) is 0 Å². The van der Waals surface area contributed by atoms with Crippen molar-refractivity contribution in [3.63, 3.8) is 0 Å². The molecule has 20 heavy (non-hydrogen) atoms. The second kappa shape index (κ2) is 5.19. The Morgan fingerprint density at radius 1 is 0.600 bits per heavy atom. The summed E-state index contributed by atoms with van der Waals surface area (Å²) >= 11 is 0. The van der Waals surface area contributed by atoms with Gasteiger partial charge in [0, 0.05) is 11.8 Å². The standard InChI is InChI=1S/C18H14N2/c19-11-15-17(13-7-3-1-4-8-13)16(12-20)18(15)14-9-5-2-6-10-14/h1-10,15-18H. The van der Waals surface area contributed by atoms with E-state index in [2.05, 4.69) is 12.1 Å². The normalized spacial score (nSPS) is 27.9. The maximum atomic E-state index is 9.50. The van der Waals surface area contributed by atoms with Gasteiger partial charge in [-0.3, -0.25) is 0 Å². The fourth-order valence-electron chi connectivity index (χ4n) is 3.25. The summed E-state index contributed by atoms with van der Waals surface area (Å²) in [7, 11) is 0. The fraction of sp³-hybridized carbons (Fsp3) is 0.222. The molecule has 1 saturated carbocycles. The van der Waals surface area contributed by atoms with Crippen LogP contribution in [0.4, 0.5) is 0 Å². The van der Waals surface area contributed by atoms with Crippen LogP contribution in [-0.2, 0) is 0 Å². The average molecular weight is 258 g/mol. The molecule has 2 aromatic carbocycles. The number of rotatable bonds is 2. The monoisotopic (exact) mass is 258 g/mol. The molecule has 2 heteroatoms. The SMILES string of the molecule is N#CC1C(c2ccccc2)C(C#N)C1c1ccccc1. The lowest BCUT2D eigenvalue weighted by molar-refractivity contribution is 0.190.